The Kier molecular flexibility index (Phi) is 1.66. The van der Waals surface area contributed by atoms with Crippen LogP contribution in [0.1, 0.15) is 30.7 Å². The number of hydrogen-bond acceptors (Lipinski definition) is 1. The quantitative estimate of drug-likeness (QED) is 0.594. The summed E-state index contributed by atoms with van der Waals surface area (Å²) in [5, 5.41) is 0. The van der Waals surface area contributed by atoms with E-state index >= 15 is 0 Å². The van der Waals surface area contributed by atoms with Crippen LogP contribution in [0.15, 0.2) is 24.3 Å². The van der Waals surface area contributed by atoms with E-state index in [-0.39, 0.29) is 0 Å². The van der Waals surface area contributed by atoms with Crippen molar-refractivity contribution < 1.29 is 4.74 Å². The molecule has 1 heterocycles. The first-order valence-corrected chi connectivity index (χ1v) is 5.05. The van der Waals surface area contributed by atoms with Crippen molar-refractivity contribution in [2.24, 2.45) is 0 Å². The van der Waals surface area contributed by atoms with Gasteiger partial charge in [0, 0.05) is 0 Å². The van der Waals surface area contributed by atoms with Crippen LogP contribution in [0.25, 0.3) is 0 Å². The van der Waals surface area contributed by atoms with Crippen LogP contribution in [0.5, 0.6) is 0 Å². The average molecular weight is 173 g/mol. The Labute approximate surface area is 78.7 Å². The number of benzene rings is 1. The van der Waals surface area contributed by atoms with Gasteiger partial charge >= 0.3 is 0 Å². The van der Waals surface area contributed by atoms with Gasteiger partial charge in [-0.05, 0) is 36.8 Å². The van der Waals surface area contributed by atoms with Crippen LogP contribution in [-0.4, -0.2) is 12.2 Å². The molecule has 1 radical (unpaired) electrons. The van der Waals surface area contributed by atoms with Crippen molar-refractivity contribution in [3.63, 3.8) is 0 Å². The highest BCUT2D eigenvalue weighted by molar-refractivity contribution is 5.20. The Balaban J connectivity index is 1.78. The van der Waals surface area contributed by atoms with E-state index in [0.717, 1.165) is 5.92 Å². The molecule has 1 aliphatic heterocycles. The second-order valence-corrected chi connectivity index (χ2v) is 4.06. The van der Waals surface area contributed by atoms with Gasteiger partial charge in [0.1, 0.15) is 0 Å². The van der Waals surface area contributed by atoms with Gasteiger partial charge in [0.25, 0.3) is 0 Å². The lowest BCUT2D eigenvalue weighted by molar-refractivity contribution is 0.371. The van der Waals surface area contributed by atoms with Crippen molar-refractivity contribution in [3.05, 3.63) is 35.9 Å². The smallest absolute Gasteiger partial charge is 0.0847 e. The minimum atomic E-state index is 0.586. The van der Waals surface area contributed by atoms with Gasteiger partial charge < -0.3 is 4.74 Å². The monoisotopic (exact) mass is 173 g/mol. The lowest BCUT2D eigenvalue weighted by Gasteiger charge is -2.18. The summed E-state index contributed by atoms with van der Waals surface area (Å²) in [4.78, 5) is 0. The first-order valence-electron chi connectivity index (χ1n) is 5.05. The molecule has 13 heavy (non-hydrogen) atoms. The van der Waals surface area contributed by atoms with Gasteiger partial charge in [0.05, 0.1) is 12.2 Å². The zero-order valence-corrected chi connectivity index (χ0v) is 7.57. The van der Waals surface area contributed by atoms with Crippen LogP contribution in [0.2, 0.25) is 0 Å². The standard InChI is InChI=1S/C12H13O/c1-2-4-9(5-3-1)10-6-7-11-12(8-10)13-11/h2-5,10-12H,6-8H2. The van der Waals surface area contributed by atoms with Crippen molar-refractivity contribution in [3.8, 4) is 0 Å². The highest BCUT2D eigenvalue weighted by Gasteiger charge is 2.43. The summed E-state index contributed by atoms with van der Waals surface area (Å²) in [6.45, 7) is 0. The SMILES string of the molecule is [c]1ccc(C2CCC3OC3C2)cc1. The highest BCUT2D eigenvalue weighted by Crippen LogP contribution is 2.43. The zero-order valence-electron chi connectivity index (χ0n) is 7.57. The second-order valence-electron chi connectivity index (χ2n) is 4.06. The number of rotatable bonds is 1. The Morgan fingerprint density at radius 1 is 1.15 bits per heavy atom. The molecule has 0 amide bonds. The van der Waals surface area contributed by atoms with E-state index in [0.29, 0.717) is 12.2 Å². The molecule has 3 rings (SSSR count). The van der Waals surface area contributed by atoms with Crippen LogP contribution in [0.3, 0.4) is 0 Å². The minimum absolute atomic E-state index is 0.586. The molecule has 1 saturated heterocycles. The molecule has 67 valence electrons. The molecule has 1 nitrogen and oxygen atoms in total. The molecule has 1 aliphatic carbocycles. The molecule has 0 spiro atoms. The molecule has 1 heteroatoms. The summed E-state index contributed by atoms with van der Waals surface area (Å²) in [6.07, 6.45) is 4.99. The molecule has 2 fully saturated rings. The lowest BCUT2D eigenvalue weighted by atomic mass is 9.84. The van der Waals surface area contributed by atoms with E-state index in [9.17, 15) is 0 Å². The molecule has 3 atom stereocenters. The fraction of sp³-hybridized carbons (Fsp3) is 0.500. The molecule has 0 N–H and O–H groups in total. The second kappa shape index (κ2) is 2.85. The van der Waals surface area contributed by atoms with Gasteiger partial charge in [-0.3, -0.25) is 0 Å². The van der Waals surface area contributed by atoms with Crippen molar-refractivity contribution in [1.29, 1.82) is 0 Å². The predicted octanol–water partition coefficient (Wildman–Crippen LogP) is 2.52. The van der Waals surface area contributed by atoms with Crippen LogP contribution in [0.4, 0.5) is 0 Å². The zero-order chi connectivity index (χ0) is 8.67. The number of fused-ring (bicyclic) bond motifs is 1. The Morgan fingerprint density at radius 3 is 2.77 bits per heavy atom. The molecule has 1 saturated carbocycles. The first kappa shape index (κ1) is 7.57. The summed E-state index contributed by atoms with van der Waals surface area (Å²) in [7, 11) is 0. The van der Waals surface area contributed by atoms with Crippen LogP contribution < -0.4 is 0 Å². The first-order chi connectivity index (χ1) is 6.43. The molecule has 0 aromatic heterocycles. The Hall–Kier alpha value is -0.820. The molecular weight excluding hydrogens is 160 g/mol. The summed E-state index contributed by atoms with van der Waals surface area (Å²) < 4.78 is 5.52. The van der Waals surface area contributed by atoms with E-state index < -0.39 is 0 Å². The Morgan fingerprint density at radius 2 is 2.00 bits per heavy atom. The molecule has 3 unspecified atom stereocenters. The van der Waals surface area contributed by atoms with Crippen molar-refractivity contribution in [1.82, 2.24) is 0 Å². The number of hydrogen-bond donors (Lipinski definition) is 0. The maximum absolute atomic E-state index is 5.52. The maximum Gasteiger partial charge on any atom is 0.0847 e. The van der Waals surface area contributed by atoms with Gasteiger partial charge in [-0.15, -0.1) is 0 Å². The third-order valence-corrected chi connectivity index (χ3v) is 3.22. The topological polar surface area (TPSA) is 12.5 Å². The largest absolute Gasteiger partial charge is 0.370 e. The maximum atomic E-state index is 5.52. The third-order valence-electron chi connectivity index (χ3n) is 3.22. The normalized spacial score (nSPS) is 36.8. The van der Waals surface area contributed by atoms with Gasteiger partial charge in [-0.1, -0.05) is 24.3 Å². The van der Waals surface area contributed by atoms with Crippen LogP contribution >= 0.6 is 0 Å². The van der Waals surface area contributed by atoms with E-state index in [1.807, 2.05) is 12.1 Å². The molecule has 1 aromatic rings. The summed E-state index contributed by atoms with van der Waals surface area (Å²) in [5.74, 6) is 0.735. The number of epoxide rings is 1. The lowest BCUT2D eigenvalue weighted by Crippen LogP contribution is -2.11. The Bertz CT molecular complexity index is 293. The van der Waals surface area contributed by atoms with Crippen LogP contribution in [-0.2, 0) is 4.74 Å². The average Bonchev–Trinajstić information content (AvgIpc) is 2.96. The van der Waals surface area contributed by atoms with Gasteiger partial charge in [-0.25, -0.2) is 0 Å². The predicted molar refractivity (Wildman–Crippen MR) is 50.5 cm³/mol. The third kappa shape index (κ3) is 1.37. The van der Waals surface area contributed by atoms with Crippen molar-refractivity contribution in [2.45, 2.75) is 37.4 Å². The summed E-state index contributed by atoms with van der Waals surface area (Å²) >= 11 is 0. The van der Waals surface area contributed by atoms with Gasteiger partial charge in [-0.2, -0.15) is 0 Å². The number of ether oxygens (including phenoxy) is 1. The fourth-order valence-electron chi connectivity index (χ4n) is 2.38. The minimum Gasteiger partial charge on any atom is -0.370 e. The highest BCUT2D eigenvalue weighted by atomic mass is 16.6. The molecule has 0 bridgehead atoms. The van der Waals surface area contributed by atoms with Crippen LogP contribution in [0, 0.1) is 6.07 Å². The summed E-state index contributed by atoms with van der Waals surface area (Å²) in [6, 6.07) is 11.5. The summed E-state index contributed by atoms with van der Waals surface area (Å²) in [5.41, 5.74) is 1.47. The van der Waals surface area contributed by atoms with Crippen molar-refractivity contribution in [2.75, 3.05) is 0 Å². The molecular formula is C12H13O. The van der Waals surface area contributed by atoms with E-state index in [1.54, 1.807) is 0 Å². The molecule has 1 aromatic carbocycles. The van der Waals surface area contributed by atoms with Gasteiger partial charge in [0.2, 0.25) is 0 Å². The van der Waals surface area contributed by atoms with Crippen molar-refractivity contribution >= 4 is 0 Å². The molecule has 2 aliphatic rings. The van der Waals surface area contributed by atoms with Gasteiger partial charge in [0.15, 0.2) is 0 Å². The van der Waals surface area contributed by atoms with E-state index in [4.69, 9.17) is 4.74 Å². The van der Waals surface area contributed by atoms with E-state index in [2.05, 4.69) is 18.2 Å². The fourth-order valence-corrected chi connectivity index (χ4v) is 2.38. The van der Waals surface area contributed by atoms with E-state index in [1.165, 1.54) is 24.8 Å².